The lowest BCUT2D eigenvalue weighted by Gasteiger charge is -2.22. The summed E-state index contributed by atoms with van der Waals surface area (Å²) in [7, 11) is 0. The van der Waals surface area contributed by atoms with E-state index in [1.807, 2.05) is 0 Å². The Kier molecular flexibility index (Phi) is 3.40. The third kappa shape index (κ3) is 2.27. The zero-order chi connectivity index (χ0) is 14.1. The summed E-state index contributed by atoms with van der Waals surface area (Å²) >= 11 is 0. The monoisotopic (exact) mass is 279 g/mol. The molecule has 0 aliphatic carbocycles. The number of ether oxygens (including phenoxy) is 1. The van der Waals surface area contributed by atoms with Crippen LogP contribution in [0.15, 0.2) is 18.2 Å². The van der Waals surface area contributed by atoms with Crippen molar-refractivity contribution in [3.8, 4) is 11.1 Å². The van der Waals surface area contributed by atoms with Crippen molar-refractivity contribution in [1.29, 1.82) is 0 Å². The van der Waals surface area contributed by atoms with Crippen LogP contribution in [-0.4, -0.2) is 23.4 Å². The predicted molar refractivity (Wildman–Crippen MR) is 71.1 cm³/mol. The molecule has 1 aliphatic rings. The second-order valence-electron chi connectivity index (χ2n) is 4.94. The predicted octanol–water partition coefficient (Wildman–Crippen LogP) is 2.83. The van der Waals surface area contributed by atoms with Crippen LogP contribution in [0.1, 0.15) is 24.5 Å². The smallest absolute Gasteiger partial charge is 0.153 e. The number of halogens is 2. The Morgan fingerprint density at radius 3 is 2.90 bits per heavy atom. The molecule has 4 nitrogen and oxygen atoms in total. The standard InChI is InChI=1S/C14H15F2N3O/c15-9-3-4-10(11(16)6-9)12-13(18-19-14(12)17)8-2-1-5-20-7-8/h3-4,6,8H,1-2,5,7H2,(H3,17,18,19). The van der Waals surface area contributed by atoms with Crippen LogP contribution in [0, 0.1) is 11.6 Å². The van der Waals surface area contributed by atoms with Crippen LogP contribution < -0.4 is 5.73 Å². The fourth-order valence-corrected chi connectivity index (χ4v) is 2.61. The van der Waals surface area contributed by atoms with Crippen LogP contribution in [-0.2, 0) is 4.74 Å². The minimum atomic E-state index is -0.643. The third-order valence-electron chi connectivity index (χ3n) is 3.59. The Labute approximate surface area is 114 Å². The van der Waals surface area contributed by atoms with Gasteiger partial charge >= 0.3 is 0 Å². The summed E-state index contributed by atoms with van der Waals surface area (Å²) in [5.74, 6) is -0.934. The Morgan fingerprint density at radius 1 is 1.35 bits per heavy atom. The molecule has 3 rings (SSSR count). The van der Waals surface area contributed by atoms with Crippen molar-refractivity contribution in [2.45, 2.75) is 18.8 Å². The van der Waals surface area contributed by atoms with E-state index in [9.17, 15) is 8.78 Å². The zero-order valence-electron chi connectivity index (χ0n) is 10.8. The molecule has 2 aromatic rings. The van der Waals surface area contributed by atoms with Gasteiger partial charge in [-0.25, -0.2) is 8.78 Å². The van der Waals surface area contributed by atoms with E-state index in [0.29, 0.717) is 12.2 Å². The number of nitrogens with two attached hydrogens (primary N) is 1. The van der Waals surface area contributed by atoms with Crippen molar-refractivity contribution in [3.05, 3.63) is 35.5 Å². The highest BCUT2D eigenvalue weighted by molar-refractivity contribution is 5.77. The average molecular weight is 279 g/mol. The Morgan fingerprint density at radius 2 is 2.20 bits per heavy atom. The summed E-state index contributed by atoms with van der Waals surface area (Å²) < 4.78 is 32.4. The topological polar surface area (TPSA) is 63.9 Å². The molecule has 6 heteroatoms. The van der Waals surface area contributed by atoms with Gasteiger partial charge in [-0.1, -0.05) is 0 Å². The molecule has 1 aromatic heterocycles. The first-order valence-corrected chi connectivity index (χ1v) is 6.53. The molecule has 1 aromatic carbocycles. The quantitative estimate of drug-likeness (QED) is 0.888. The Balaban J connectivity index is 2.06. The number of anilines is 1. The lowest BCUT2D eigenvalue weighted by molar-refractivity contribution is 0.0794. The van der Waals surface area contributed by atoms with Crippen LogP contribution >= 0.6 is 0 Å². The van der Waals surface area contributed by atoms with Gasteiger partial charge in [0.1, 0.15) is 11.6 Å². The molecule has 1 atom stereocenters. The lowest BCUT2D eigenvalue weighted by atomic mass is 9.92. The van der Waals surface area contributed by atoms with Gasteiger partial charge in [0.15, 0.2) is 5.82 Å². The number of hydrogen-bond acceptors (Lipinski definition) is 3. The SMILES string of the molecule is Nc1n[nH]c(C2CCCOC2)c1-c1ccc(F)cc1F. The number of benzene rings is 1. The van der Waals surface area contributed by atoms with E-state index >= 15 is 0 Å². The molecule has 106 valence electrons. The van der Waals surface area contributed by atoms with Gasteiger partial charge in [0.2, 0.25) is 0 Å². The van der Waals surface area contributed by atoms with Gasteiger partial charge in [0, 0.05) is 29.7 Å². The van der Waals surface area contributed by atoms with Gasteiger partial charge in [-0.3, -0.25) is 5.10 Å². The van der Waals surface area contributed by atoms with Crippen molar-refractivity contribution < 1.29 is 13.5 Å². The molecule has 3 N–H and O–H groups in total. The van der Waals surface area contributed by atoms with Crippen LogP contribution in [0.4, 0.5) is 14.6 Å². The minimum absolute atomic E-state index is 0.105. The number of rotatable bonds is 2. The Bertz CT molecular complexity index is 621. The van der Waals surface area contributed by atoms with Crippen LogP contribution in [0.2, 0.25) is 0 Å². The first-order valence-electron chi connectivity index (χ1n) is 6.53. The maximum Gasteiger partial charge on any atom is 0.153 e. The lowest BCUT2D eigenvalue weighted by Crippen LogP contribution is -2.16. The number of nitrogen functional groups attached to an aromatic ring is 1. The molecular weight excluding hydrogens is 264 g/mol. The van der Waals surface area contributed by atoms with Gasteiger partial charge < -0.3 is 10.5 Å². The van der Waals surface area contributed by atoms with E-state index in [0.717, 1.165) is 31.2 Å². The summed E-state index contributed by atoms with van der Waals surface area (Å²) in [6.45, 7) is 1.29. The highest BCUT2D eigenvalue weighted by atomic mass is 19.1. The maximum atomic E-state index is 14.0. The molecule has 1 saturated heterocycles. The first kappa shape index (κ1) is 13.1. The summed E-state index contributed by atoms with van der Waals surface area (Å²) in [6, 6.07) is 3.45. The van der Waals surface area contributed by atoms with Crippen LogP contribution in [0.5, 0.6) is 0 Å². The van der Waals surface area contributed by atoms with Gasteiger partial charge in [-0.05, 0) is 25.0 Å². The van der Waals surface area contributed by atoms with Crippen molar-refractivity contribution in [2.24, 2.45) is 0 Å². The number of nitrogens with one attached hydrogen (secondary N) is 1. The van der Waals surface area contributed by atoms with E-state index in [4.69, 9.17) is 10.5 Å². The van der Waals surface area contributed by atoms with E-state index in [1.165, 1.54) is 12.1 Å². The summed E-state index contributed by atoms with van der Waals surface area (Å²) in [4.78, 5) is 0. The third-order valence-corrected chi connectivity index (χ3v) is 3.59. The van der Waals surface area contributed by atoms with Crippen molar-refractivity contribution in [3.63, 3.8) is 0 Å². The van der Waals surface area contributed by atoms with Gasteiger partial charge in [-0.15, -0.1) is 0 Å². The van der Waals surface area contributed by atoms with Crippen molar-refractivity contribution in [2.75, 3.05) is 18.9 Å². The highest BCUT2D eigenvalue weighted by Gasteiger charge is 2.25. The van der Waals surface area contributed by atoms with E-state index < -0.39 is 11.6 Å². The van der Waals surface area contributed by atoms with Gasteiger partial charge in [-0.2, -0.15) is 5.10 Å². The maximum absolute atomic E-state index is 14.0. The second kappa shape index (κ2) is 5.20. The van der Waals surface area contributed by atoms with E-state index in [2.05, 4.69) is 10.2 Å². The number of hydrogen-bond donors (Lipinski definition) is 2. The number of aromatic amines is 1. The normalized spacial score (nSPS) is 19.2. The average Bonchev–Trinajstić information content (AvgIpc) is 2.82. The molecule has 1 unspecified atom stereocenters. The summed E-state index contributed by atoms with van der Waals surface area (Å²) in [5.41, 5.74) is 7.37. The van der Waals surface area contributed by atoms with E-state index in [-0.39, 0.29) is 17.3 Å². The van der Waals surface area contributed by atoms with Crippen molar-refractivity contribution >= 4 is 5.82 Å². The van der Waals surface area contributed by atoms with Crippen molar-refractivity contribution in [1.82, 2.24) is 10.2 Å². The minimum Gasteiger partial charge on any atom is -0.382 e. The van der Waals surface area contributed by atoms with Gasteiger partial charge in [0.25, 0.3) is 0 Å². The molecule has 0 radical (unpaired) electrons. The molecule has 1 fully saturated rings. The fourth-order valence-electron chi connectivity index (χ4n) is 2.61. The fraction of sp³-hybridized carbons (Fsp3) is 0.357. The number of H-pyrrole nitrogens is 1. The van der Waals surface area contributed by atoms with Crippen LogP contribution in [0.3, 0.4) is 0 Å². The number of aromatic nitrogens is 2. The number of nitrogens with zero attached hydrogens (tertiary/aromatic N) is 1. The molecule has 0 amide bonds. The molecule has 1 aliphatic heterocycles. The molecule has 20 heavy (non-hydrogen) atoms. The molecular formula is C14H15F2N3O. The zero-order valence-corrected chi connectivity index (χ0v) is 10.8. The molecule has 2 heterocycles. The summed E-state index contributed by atoms with van der Waals surface area (Å²) in [5, 5.41) is 6.84. The molecule has 0 spiro atoms. The molecule has 0 saturated carbocycles. The Hall–Kier alpha value is -1.95. The van der Waals surface area contributed by atoms with E-state index in [1.54, 1.807) is 0 Å². The van der Waals surface area contributed by atoms with Crippen LogP contribution in [0.25, 0.3) is 11.1 Å². The highest BCUT2D eigenvalue weighted by Crippen LogP contribution is 2.37. The largest absolute Gasteiger partial charge is 0.382 e. The first-order chi connectivity index (χ1) is 9.66. The molecule has 0 bridgehead atoms. The second-order valence-corrected chi connectivity index (χ2v) is 4.94. The summed E-state index contributed by atoms with van der Waals surface area (Å²) in [6.07, 6.45) is 1.87. The van der Waals surface area contributed by atoms with Gasteiger partial charge in [0.05, 0.1) is 12.3 Å².